The van der Waals surface area contributed by atoms with E-state index in [0.29, 0.717) is 12.8 Å². The summed E-state index contributed by atoms with van der Waals surface area (Å²) >= 11 is 0. The van der Waals surface area contributed by atoms with Gasteiger partial charge in [0.15, 0.2) is 0 Å². The lowest BCUT2D eigenvalue weighted by Crippen LogP contribution is -2.39. The van der Waals surface area contributed by atoms with Gasteiger partial charge in [-0.25, -0.2) is 0 Å². The van der Waals surface area contributed by atoms with E-state index >= 15 is 0 Å². The monoisotopic (exact) mass is 273 g/mol. The summed E-state index contributed by atoms with van der Waals surface area (Å²) in [7, 11) is 0. The highest BCUT2D eigenvalue weighted by molar-refractivity contribution is 5.85. The topological polar surface area (TPSA) is 66.4 Å². The molecule has 0 heterocycles. The third-order valence-corrected chi connectivity index (χ3v) is 3.74. The van der Waals surface area contributed by atoms with Crippen LogP contribution < -0.4 is 5.32 Å². The van der Waals surface area contributed by atoms with Crippen LogP contribution in [0, 0.1) is 11.8 Å². The predicted octanol–water partition coefficient (Wildman–Crippen LogP) is 2.53. The van der Waals surface area contributed by atoms with E-state index in [-0.39, 0.29) is 11.9 Å². The van der Waals surface area contributed by atoms with Crippen LogP contribution in [0.15, 0.2) is 42.5 Å². The molecule has 1 aromatic carbocycles. The molecule has 0 unspecified atom stereocenters. The Kier molecular flexibility index (Phi) is 4.56. The highest BCUT2D eigenvalue weighted by Gasteiger charge is 2.34. The lowest BCUT2D eigenvalue weighted by molar-refractivity contribution is -0.147. The van der Waals surface area contributed by atoms with Crippen molar-refractivity contribution >= 4 is 11.9 Å². The van der Waals surface area contributed by atoms with Crippen molar-refractivity contribution in [2.24, 2.45) is 11.8 Å². The summed E-state index contributed by atoms with van der Waals surface area (Å²) in [6.07, 6.45) is 4.64. The molecular weight excluding hydrogens is 254 g/mol. The Morgan fingerprint density at radius 3 is 2.35 bits per heavy atom. The first-order valence-corrected chi connectivity index (χ1v) is 6.82. The van der Waals surface area contributed by atoms with E-state index in [4.69, 9.17) is 0 Å². The van der Waals surface area contributed by atoms with E-state index in [2.05, 4.69) is 5.32 Å². The number of carbonyl (C=O) groups excluding carboxylic acids is 1. The molecule has 1 aromatic rings. The fourth-order valence-corrected chi connectivity index (χ4v) is 2.52. The number of hydrogen-bond acceptors (Lipinski definition) is 2. The van der Waals surface area contributed by atoms with Crippen LogP contribution in [-0.2, 0) is 9.59 Å². The SMILES string of the molecule is C[C@@H](NC(=O)[C@@H]1CC=CC[C@@H]1C(=O)O)c1ccccc1. The third kappa shape index (κ3) is 3.26. The Bertz CT molecular complexity index is 510. The number of allylic oxidation sites excluding steroid dienone is 2. The lowest BCUT2D eigenvalue weighted by Gasteiger charge is -2.26. The number of benzene rings is 1. The van der Waals surface area contributed by atoms with Crippen LogP contribution in [0.3, 0.4) is 0 Å². The van der Waals surface area contributed by atoms with Crippen LogP contribution in [0.5, 0.6) is 0 Å². The van der Waals surface area contributed by atoms with Crippen LogP contribution in [-0.4, -0.2) is 17.0 Å². The normalized spacial score (nSPS) is 23.1. The number of carboxylic acids is 1. The quantitative estimate of drug-likeness (QED) is 0.828. The summed E-state index contributed by atoms with van der Waals surface area (Å²) in [5.74, 6) is -2.19. The largest absolute Gasteiger partial charge is 0.481 e. The summed E-state index contributed by atoms with van der Waals surface area (Å²) in [4.78, 5) is 23.5. The molecule has 0 fully saturated rings. The summed E-state index contributed by atoms with van der Waals surface area (Å²) < 4.78 is 0. The van der Waals surface area contributed by atoms with Crippen LogP contribution in [0.2, 0.25) is 0 Å². The Hall–Kier alpha value is -2.10. The molecule has 2 N–H and O–H groups in total. The Labute approximate surface area is 118 Å². The van der Waals surface area contributed by atoms with E-state index in [1.54, 1.807) is 0 Å². The summed E-state index contributed by atoms with van der Waals surface area (Å²) in [6, 6.07) is 9.53. The van der Waals surface area contributed by atoms with Crippen molar-refractivity contribution < 1.29 is 14.7 Å². The molecule has 0 saturated carbocycles. The molecule has 0 saturated heterocycles. The molecule has 0 spiro atoms. The molecule has 0 radical (unpaired) electrons. The van der Waals surface area contributed by atoms with Crippen molar-refractivity contribution in [2.75, 3.05) is 0 Å². The molecular formula is C16H19NO3. The van der Waals surface area contributed by atoms with E-state index < -0.39 is 17.8 Å². The van der Waals surface area contributed by atoms with Crippen LogP contribution in [0.4, 0.5) is 0 Å². The summed E-state index contributed by atoms with van der Waals surface area (Å²) in [5.41, 5.74) is 1.01. The van der Waals surface area contributed by atoms with Crippen LogP contribution in [0.25, 0.3) is 0 Å². The van der Waals surface area contributed by atoms with Gasteiger partial charge < -0.3 is 10.4 Å². The Morgan fingerprint density at radius 1 is 1.15 bits per heavy atom. The van der Waals surface area contributed by atoms with Crippen molar-refractivity contribution in [1.29, 1.82) is 0 Å². The number of amides is 1. The van der Waals surface area contributed by atoms with Crippen LogP contribution >= 0.6 is 0 Å². The minimum absolute atomic E-state index is 0.121. The summed E-state index contributed by atoms with van der Waals surface area (Å²) in [5, 5.41) is 12.1. The van der Waals surface area contributed by atoms with Gasteiger partial charge in [0.05, 0.1) is 17.9 Å². The van der Waals surface area contributed by atoms with E-state index in [1.165, 1.54) is 0 Å². The molecule has 0 bridgehead atoms. The van der Waals surface area contributed by atoms with Crippen molar-refractivity contribution in [3.05, 3.63) is 48.0 Å². The molecule has 1 amide bonds. The van der Waals surface area contributed by atoms with Gasteiger partial charge >= 0.3 is 5.97 Å². The van der Waals surface area contributed by atoms with Crippen molar-refractivity contribution in [3.8, 4) is 0 Å². The number of carbonyl (C=O) groups is 2. The maximum atomic E-state index is 12.3. The summed E-state index contributed by atoms with van der Waals surface area (Å²) in [6.45, 7) is 1.90. The third-order valence-electron chi connectivity index (χ3n) is 3.74. The second-order valence-electron chi connectivity index (χ2n) is 5.13. The first-order valence-electron chi connectivity index (χ1n) is 6.82. The molecule has 2 rings (SSSR count). The van der Waals surface area contributed by atoms with Crippen molar-refractivity contribution in [1.82, 2.24) is 5.32 Å². The molecule has 20 heavy (non-hydrogen) atoms. The first kappa shape index (κ1) is 14.3. The lowest BCUT2D eigenvalue weighted by atomic mass is 9.82. The maximum Gasteiger partial charge on any atom is 0.307 e. The molecule has 1 aliphatic carbocycles. The van der Waals surface area contributed by atoms with E-state index in [0.717, 1.165) is 5.56 Å². The zero-order chi connectivity index (χ0) is 14.5. The predicted molar refractivity (Wildman–Crippen MR) is 76.0 cm³/mol. The average Bonchev–Trinajstić information content (AvgIpc) is 2.48. The van der Waals surface area contributed by atoms with Gasteiger partial charge in [-0.15, -0.1) is 0 Å². The van der Waals surface area contributed by atoms with Crippen molar-refractivity contribution in [2.45, 2.75) is 25.8 Å². The number of aliphatic carboxylic acids is 1. The second-order valence-corrected chi connectivity index (χ2v) is 5.13. The van der Waals surface area contributed by atoms with E-state index in [9.17, 15) is 14.7 Å². The highest BCUT2D eigenvalue weighted by Crippen LogP contribution is 2.27. The molecule has 3 atom stereocenters. The second kappa shape index (κ2) is 6.37. The van der Waals surface area contributed by atoms with Gasteiger partial charge in [0.2, 0.25) is 5.91 Å². The van der Waals surface area contributed by atoms with Gasteiger partial charge in [-0.2, -0.15) is 0 Å². The molecule has 4 heteroatoms. The highest BCUT2D eigenvalue weighted by atomic mass is 16.4. The molecule has 106 valence electrons. The minimum Gasteiger partial charge on any atom is -0.481 e. The van der Waals surface area contributed by atoms with Crippen molar-refractivity contribution in [3.63, 3.8) is 0 Å². The molecule has 0 aromatic heterocycles. The van der Waals surface area contributed by atoms with E-state index in [1.807, 2.05) is 49.4 Å². The van der Waals surface area contributed by atoms with Gasteiger partial charge in [0.1, 0.15) is 0 Å². The average molecular weight is 273 g/mol. The van der Waals surface area contributed by atoms with Gasteiger partial charge in [-0.05, 0) is 25.3 Å². The fourth-order valence-electron chi connectivity index (χ4n) is 2.52. The molecule has 0 aliphatic heterocycles. The van der Waals surface area contributed by atoms with Gasteiger partial charge in [-0.1, -0.05) is 42.5 Å². The Morgan fingerprint density at radius 2 is 1.75 bits per heavy atom. The maximum absolute atomic E-state index is 12.3. The minimum atomic E-state index is -0.901. The van der Waals surface area contributed by atoms with Crippen LogP contribution in [0.1, 0.15) is 31.4 Å². The van der Waals surface area contributed by atoms with Gasteiger partial charge in [0, 0.05) is 0 Å². The number of carboxylic acid groups (broad SMARTS) is 1. The zero-order valence-electron chi connectivity index (χ0n) is 11.5. The molecule has 4 nitrogen and oxygen atoms in total. The number of nitrogens with one attached hydrogen (secondary N) is 1. The fraction of sp³-hybridized carbons (Fsp3) is 0.375. The first-order chi connectivity index (χ1) is 9.59. The molecule has 1 aliphatic rings. The Balaban J connectivity index is 2.04. The number of hydrogen-bond donors (Lipinski definition) is 2. The van der Waals surface area contributed by atoms with Gasteiger partial charge in [-0.3, -0.25) is 9.59 Å². The smallest absolute Gasteiger partial charge is 0.307 e. The number of rotatable bonds is 4. The zero-order valence-corrected chi connectivity index (χ0v) is 11.5. The standard InChI is InChI=1S/C16H19NO3/c1-11(12-7-3-2-4-8-12)17-15(18)13-9-5-6-10-14(13)16(19)20/h2-8,11,13-14H,9-10H2,1H3,(H,17,18)(H,19,20)/t11-,13-,14+/m1/s1. The van der Waals surface area contributed by atoms with Gasteiger partial charge in [0.25, 0.3) is 0 Å².